The van der Waals surface area contributed by atoms with Crippen LogP contribution < -0.4 is 0 Å². The third-order valence-corrected chi connectivity index (χ3v) is 6.86. The van der Waals surface area contributed by atoms with Gasteiger partial charge in [-0.3, -0.25) is 0 Å². The molecule has 140 valence electrons. The largest absolute Gasteiger partial charge is 0.392 e. The number of benzene rings is 1. The highest BCUT2D eigenvalue weighted by molar-refractivity contribution is 9.10. The van der Waals surface area contributed by atoms with Crippen molar-refractivity contribution in [1.82, 2.24) is 0 Å². The fourth-order valence-electron chi connectivity index (χ4n) is 2.64. The summed E-state index contributed by atoms with van der Waals surface area (Å²) in [5, 5.41) is 14.1. The molecule has 25 heavy (non-hydrogen) atoms. The number of hydrogen-bond acceptors (Lipinski definition) is 6. The molecule has 0 aromatic heterocycles. The van der Waals surface area contributed by atoms with E-state index in [9.17, 15) is 17.9 Å². The maximum absolute atomic E-state index is 14.1. The first kappa shape index (κ1) is 20.3. The van der Waals surface area contributed by atoms with Crippen LogP contribution in [-0.2, 0) is 19.4 Å². The summed E-state index contributed by atoms with van der Waals surface area (Å²) in [6.07, 6.45) is -0.849. The summed E-state index contributed by atoms with van der Waals surface area (Å²) in [4.78, 5) is 5.30. The molecular formula is C16H21BrFNO5S. The molecule has 1 heterocycles. The van der Waals surface area contributed by atoms with Crippen molar-refractivity contribution in [2.24, 2.45) is 5.16 Å². The Kier molecular flexibility index (Phi) is 6.24. The third kappa shape index (κ3) is 4.39. The quantitative estimate of drug-likeness (QED) is 0.662. The number of ether oxygens (including phenoxy) is 1. The molecule has 0 radical (unpaired) electrons. The Morgan fingerprint density at radius 1 is 1.56 bits per heavy atom. The van der Waals surface area contributed by atoms with Crippen molar-refractivity contribution in [3.63, 3.8) is 0 Å². The second-order valence-corrected chi connectivity index (χ2v) is 9.58. The number of halogens is 2. The van der Waals surface area contributed by atoms with E-state index in [2.05, 4.69) is 21.1 Å². The molecular weight excluding hydrogens is 417 g/mol. The fourth-order valence-corrected chi connectivity index (χ4v) is 3.90. The SMILES string of the molecule is CCOC(O)C(C)(CC1CC(c2ccc(Br)cc2F)=NO1)S(C)(=O)=O. The molecule has 0 saturated heterocycles. The monoisotopic (exact) mass is 437 g/mol. The van der Waals surface area contributed by atoms with Gasteiger partial charge in [0.1, 0.15) is 16.7 Å². The van der Waals surface area contributed by atoms with E-state index >= 15 is 0 Å². The Morgan fingerprint density at radius 3 is 2.80 bits per heavy atom. The van der Waals surface area contributed by atoms with Crippen molar-refractivity contribution >= 4 is 31.5 Å². The van der Waals surface area contributed by atoms with Gasteiger partial charge in [-0.15, -0.1) is 0 Å². The molecule has 0 amide bonds. The van der Waals surface area contributed by atoms with Crippen molar-refractivity contribution in [2.45, 2.75) is 43.8 Å². The predicted octanol–water partition coefficient (Wildman–Crippen LogP) is 2.63. The van der Waals surface area contributed by atoms with Gasteiger partial charge < -0.3 is 14.7 Å². The van der Waals surface area contributed by atoms with Crippen molar-refractivity contribution < 1.29 is 27.5 Å². The van der Waals surface area contributed by atoms with E-state index < -0.39 is 32.8 Å². The van der Waals surface area contributed by atoms with Crippen LogP contribution in [0.2, 0.25) is 0 Å². The normalized spacial score (nSPS) is 21.4. The van der Waals surface area contributed by atoms with Crippen molar-refractivity contribution in [2.75, 3.05) is 12.9 Å². The first-order chi connectivity index (χ1) is 11.6. The average molecular weight is 438 g/mol. The second-order valence-electron chi connectivity index (χ2n) is 6.19. The molecule has 1 aliphatic rings. The van der Waals surface area contributed by atoms with Crippen LogP contribution in [0.4, 0.5) is 4.39 Å². The van der Waals surface area contributed by atoms with Crippen LogP contribution in [0.5, 0.6) is 0 Å². The molecule has 1 N–H and O–H groups in total. The number of aliphatic hydroxyl groups is 1. The van der Waals surface area contributed by atoms with Crippen molar-refractivity contribution in [3.8, 4) is 0 Å². The van der Waals surface area contributed by atoms with E-state index in [1.54, 1.807) is 19.1 Å². The number of aliphatic hydroxyl groups excluding tert-OH is 1. The summed E-state index contributed by atoms with van der Waals surface area (Å²) in [5.74, 6) is -0.447. The average Bonchev–Trinajstić information content (AvgIpc) is 2.94. The molecule has 1 aliphatic heterocycles. The van der Waals surface area contributed by atoms with Gasteiger partial charge in [0.2, 0.25) is 0 Å². The van der Waals surface area contributed by atoms with Gasteiger partial charge in [0.15, 0.2) is 16.1 Å². The van der Waals surface area contributed by atoms with Gasteiger partial charge in [-0.1, -0.05) is 21.1 Å². The zero-order valence-corrected chi connectivity index (χ0v) is 16.6. The topological polar surface area (TPSA) is 85.2 Å². The van der Waals surface area contributed by atoms with Crippen LogP contribution in [0.25, 0.3) is 0 Å². The highest BCUT2D eigenvalue weighted by Gasteiger charge is 2.47. The van der Waals surface area contributed by atoms with Crippen LogP contribution in [0.3, 0.4) is 0 Å². The Hall–Kier alpha value is -1.03. The van der Waals surface area contributed by atoms with Gasteiger partial charge in [-0.25, -0.2) is 12.8 Å². The summed E-state index contributed by atoms with van der Waals surface area (Å²) in [5.41, 5.74) is 0.703. The number of sulfone groups is 1. The molecule has 3 atom stereocenters. The Labute approximate surface area is 155 Å². The summed E-state index contributed by atoms with van der Waals surface area (Å²) < 4.78 is 42.6. The lowest BCUT2D eigenvalue weighted by Crippen LogP contribution is -2.49. The summed E-state index contributed by atoms with van der Waals surface area (Å²) in [6, 6.07) is 4.59. The van der Waals surface area contributed by atoms with Gasteiger partial charge in [0.25, 0.3) is 0 Å². The minimum atomic E-state index is -3.66. The van der Waals surface area contributed by atoms with Crippen molar-refractivity contribution in [1.29, 1.82) is 0 Å². The molecule has 0 bridgehead atoms. The van der Waals surface area contributed by atoms with Crippen molar-refractivity contribution in [3.05, 3.63) is 34.1 Å². The Balaban J connectivity index is 2.16. The highest BCUT2D eigenvalue weighted by Crippen LogP contribution is 2.32. The molecule has 2 rings (SSSR count). The zero-order chi connectivity index (χ0) is 18.8. The summed E-state index contributed by atoms with van der Waals surface area (Å²) in [7, 11) is -3.66. The van der Waals surface area contributed by atoms with Crippen LogP contribution >= 0.6 is 15.9 Å². The number of nitrogens with zero attached hydrogens (tertiary/aromatic N) is 1. The lowest BCUT2D eigenvalue weighted by Gasteiger charge is -2.33. The molecule has 9 heteroatoms. The van der Waals surface area contributed by atoms with Crippen LogP contribution in [0, 0.1) is 5.82 Å². The molecule has 1 aromatic carbocycles. The first-order valence-corrected chi connectivity index (χ1v) is 10.4. The van der Waals surface area contributed by atoms with E-state index in [1.807, 2.05) is 0 Å². The molecule has 1 aromatic rings. The lowest BCUT2D eigenvalue weighted by atomic mass is 9.96. The number of rotatable bonds is 7. The molecule has 0 aliphatic carbocycles. The Bertz CT molecular complexity index is 770. The number of hydrogen-bond donors (Lipinski definition) is 1. The molecule has 6 nitrogen and oxygen atoms in total. The summed E-state index contributed by atoms with van der Waals surface area (Å²) in [6.45, 7) is 3.24. The Morgan fingerprint density at radius 2 is 2.24 bits per heavy atom. The second kappa shape index (κ2) is 7.69. The summed E-state index contributed by atoms with van der Waals surface area (Å²) >= 11 is 3.19. The number of oxime groups is 1. The predicted molar refractivity (Wildman–Crippen MR) is 95.6 cm³/mol. The van der Waals surface area contributed by atoms with E-state index in [1.165, 1.54) is 13.0 Å². The maximum atomic E-state index is 14.1. The lowest BCUT2D eigenvalue weighted by molar-refractivity contribution is -0.124. The molecule has 0 spiro atoms. The smallest absolute Gasteiger partial charge is 0.174 e. The van der Waals surface area contributed by atoms with Gasteiger partial charge in [-0.2, -0.15) is 0 Å². The van der Waals surface area contributed by atoms with E-state index in [4.69, 9.17) is 9.57 Å². The fraction of sp³-hybridized carbons (Fsp3) is 0.562. The first-order valence-electron chi connectivity index (χ1n) is 7.76. The van der Waals surface area contributed by atoms with Gasteiger partial charge in [0, 0.05) is 35.7 Å². The minimum Gasteiger partial charge on any atom is -0.392 e. The van der Waals surface area contributed by atoms with E-state index in [-0.39, 0.29) is 19.4 Å². The maximum Gasteiger partial charge on any atom is 0.174 e. The van der Waals surface area contributed by atoms with Crippen LogP contribution in [-0.4, -0.2) is 49.2 Å². The molecule has 3 unspecified atom stereocenters. The minimum absolute atomic E-state index is 0.0296. The standard InChI is InChI=1S/C16H21BrFNO5S/c1-4-23-15(20)16(2,25(3,21)22)9-11-8-14(19-24-11)12-6-5-10(17)7-13(12)18/h5-7,11,15,20H,4,8-9H2,1-3H3. The van der Waals surface area contributed by atoms with E-state index in [0.717, 1.165) is 6.26 Å². The van der Waals surface area contributed by atoms with Crippen LogP contribution in [0.1, 0.15) is 32.3 Å². The zero-order valence-electron chi connectivity index (χ0n) is 14.2. The van der Waals surface area contributed by atoms with Gasteiger partial charge in [-0.05, 0) is 32.0 Å². The molecule has 0 fully saturated rings. The van der Waals surface area contributed by atoms with E-state index in [0.29, 0.717) is 15.7 Å². The van der Waals surface area contributed by atoms with Gasteiger partial charge in [0.05, 0.1) is 5.71 Å². The van der Waals surface area contributed by atoms with Gasteiger partial charge >= 0.3 is 0 Å². The molecule has 0 saturated carbocycles. The van der Waals surface area contributed by atoms with Crippen LogP contribution in [0.15, 0.2) is 27.8 Å². The highest BCUT2D eigenvalue weighted by atomic mass is 79.9. The third-order valence-electron chi connectivity index (χ3n) is 4.30.